The maximum Gasteiger partial charge on any atom is 0.220 e. The van der Waals surface area contributed by atoms with Gasteiger partial charge in [-0.25, -0.2) is 0 Å². The number of anilines is 3. The van der Waals surface area contributed by atoms with E-state index in [2.05, 4.69) is 105 Å². The predicted octanol–water partition coefficient (Wildman–Crippen LogP) is 8.05. The minimum atomic E-state index is 0.768. The summed E-state index contributed by atoms with van der Waals surface area (Å²) in [5.74, 6) is 0. The lowest BCUT2D eigenvalue weighted by atomic mass is 9.92. The molecule has 0 spiro atoms. The Kier molecular flexibility index (Phi) is 8.99. The Morgan fingerprint density at radius 2 is 1.52 bits per heavy atom. The minimum Gasteiger partial charge on any atom is -0.399 e. The molecular formula is C42H45N8+. The van der Waals surface area contributed by atoms with Gasteiger partial charge < -0.3 is 16.8 Å². The molecule has 0 aliphatic heterocycles. The van der Waals surface area contributed by atoms with Crippen LogP contribution < -0.4 is 21.4 Å². The monoisotopic (exact) mass is 661 g/mol. The van der Waals surface area contributed by atoms with Crippen molar-refractivity contribution in [3.05, 3.63) is 114 Å². The van der Waals surface area contributed by atoms with Crippen molar-refractivity contribution in [3.8, 4) is 11.3 Å². The summed E-state index contributed by atoms with van der Waals surface area (Å²) in [6.07, 6.45) is 11.9. The van der Waals surface area contributed by atoms with Crippen LogP contribution in [0.2, 0.25) is 0 Å². The first kappa shape index (κ1) is 31.7. The second-order valence-electron chi connectivity index (χ2n) is 13.6. The Morgan fingerprint density at radius 1 is 0.740 bits per heavy atom. The van der Waals surface area contributed by atoms with Crippen LogP contribution in [0.1, 0.15) is 55.5 Å². The van der Waals surface area contributed by atoms with E-state index in [1.165, 1.54) is 62.6 Å². The van der Waals surface area contributed by atoms with Gasteiger partial charge in [0.25, 0.3) is 0 Å². The van der Waals surface area contributed by atoms with Gasteiger partial charge in [0.05, 0.1) is 22.0 Å². The fraction of sp³-hybridized carbons (Fsp3) is 0.286. The first-order valence-corrected chi connectivity index (χ1v) is 18.2. The standard InChI is InChI=1S/C42H44N8/c43-30-18-20-33-34-21-19-31(44)27-40(34)50(42(37(33)26-30)29-12-4-3-5-13-29)25-11-2-1-10-24-49-28-32(47-48-49)22-23-45-41-35-14-6-8-16-38(35)46-39-17-9-7-15-36(39)41/h3-6,8,12-14,16,18-21,26-28,44H,1-2,7,9-11,15,17,22-25,43H2,(H,45,46)/p+1. The second kappa shape index (κ2) is 14.2. The normalized spacial score (nSPS) is 12.9. The van der Waals surface area contributed by atoms with E-state index in [0.29, 0.717) is 0 Å². The molecule has 4 aromatic carbocycles. The lowest BCUT2D eigenvalue weighted by Gasteiger charge is -2.21. The Hall–Kier alpha value is -5.50. The van der Waals surface area contributed by atoms with Crippen molar-refractivity contribution >= 4 is 49.6 Å². The number of aryl methyl sites for hydroxylation is 3. The van der Waals surface area contributed by atoms with Gasteiger partial charge in [-0.3, -0.25) is 9.67 Å². The molecule has 0 saturated heterocycles. The molecule has 1 aliphatic carbocycles. The fourth-order valence-corrected chi connectivity index (χ4v) is 7.75. The molecular weight excluding hydrogens is 617 g/mol. The van der Waals surface area contributed by atoms with Crippen LogP contribution in [0.25, 0.3) is 43.8 Å². The molecule has 0 saturated carbocycles. The molecule has 5 N–H and O–H groups in total. The Morgan fingerprint density at radius 3 is 2.42 bits per heavy atom. The summed E-state index contributed by atoms with van der Waals surface area (Å²) in [6.45, 7) is 2.59. The van der Waals surface area contributed by atoms with Gasteiger partial charge in [0.15, 0.2) is 0 Å². The number of unbranched alkanes of at least 4 members (excludes halogenated alkanes) is 3. The highest BCUT2D eigenvalue weighted by Crippen LogP contribution is 2.35. The summed E-state index contributed by atoms with van der Waals surface area (Å²) in [6, 6.07) is 31.6. The van der Waals surface area contributed by atoms with Crippen molar-refractivity contribution in [2.24, 2.45) is 0 Å². The van der Waals surface area contributed by atoms with Crippen LogP contribution in [0.5, 0.6) is 0 Å². The van der Waals surface area contributed by atoms with Crippen molar-refractivity contribution in [1.29, 1.82) is 0 Å². The molecule has 3 aromatic heterocycles. The van der Waals surface area contributed by atoms with Gasteiger partial charge in [0.2, 0.25) is 11.2 Å². The van der Waals surface area contributed by atoms with Gasteiger partial charge in [-0.05, 0) is 86.6 Å². The molecule has 8 rings (SSSR count). The third-order valence-electron chi connectivity index (χ3n) is 10.2. The topological polar surface area (TPSA) is 112 Å². The number of para-hydroxylation sites is 1. The molecule has 0 atom stereocenters. The number of hydrogen-bond donors (Lipinski definition) is 3. The molecule has 0 amide bonds. The number of nitrogens with zero attached hydrogens (tertiary/aromatic N) is 5. The number of pyridine rings is 2. The average Bonchev–Trinajstić information content (AvgIpc) is 3.60. The summed E-state index contributed by atoms with van der Waals surface area (Å²) >= 11 is 0. The lowest BCUT2D eigenvalue weighted by Crippen LogP contribution is -2.37. The van der Waals surface area contributed by atoms with Gasteiger partial charge >= 0.3 is 0 Å². The zero-order valence-corrected chi connectivity index (χ0v) is 28.6. The van der Waals surface area contributed by atoms with Gasteiger partial charge in [-0.2, -0.15) is 4.57 Å². The summed E-state index contributed by atoms with van der Waals surface area (Å²) in [5, 5.41) is 17.5. The van der Waals surface area contributed by atoms with Crippen molar-refractivity contribution in [2.45, 2.75) is 70.9 Å². The number of hydrogen-bond acceptors (Lipinski definition) is 6. The van der Waals surface area contributed by atoms with Gasteiger partial charge in [0, 0.05) is 77.3 Å². The largest absolute Gasteiger partial charge is 0.399 e. The highest BCUT2D eigenvalue weighted by Gasteiger charge is 2.24. The second-order valence-corrected chi connectivity index (χ2v) is 13.6. The molecule has 0 radical (unpaired) electrons. The maximum atomic E-state index is 6.35. The van der Waals surface area contributed by atoms with Gasteiger partial charge in [-0.1, -0.05) is 54.1 Å². The Balaban J connectivity index is 0.897. The van der Waals surface area contributed by atoms with E-state index in [1.807, 2.05) is 16.8 Å². The van der Waals surface area contributed by atoms with E-state index >= 15 is 0 Å². The smallest absolute Gasteiger partial charge is 0.220 e. The SMILES string of the molecule is Nc1ccc2c(c1)c(-c1ccccc1)[n+](CCCCCCn1cc(CCNc3c4c(nc5ccccc35)CCCC4)nn1)c1cc(N)ccc21. The quantitative estimate of drug-likeness (QED) is 0.0529. The van der Waals surface area contributed by atoms with Crippen LogP contribution >= 0.6 is 0 Å². The van der Waals surface area contributed by atoms with E-state index in [0.717, 1.165) is 92.7 Å². The summed E-state index contributed by atoms with van der Waals surface area (Å²) in [4.78, 5) is 4.98. The zero-order valence-electron chi connectivity index (χ0n) is 28.6. The summed E-state index contributed by atoms with van der Waals surface area (Å²) in [7, 11) is 0. The molecule has 252 valence electrons. The molecule has 50 heavy (non-hydrogen) atoms. The van der Waals surface area contributed by atoms with Crippen LogP contribution in [0.4, 0.5) is 17.1 Å². The third-order valence-corrected chi connectivity index (χ3v) is 10.2. The van der Waals surface area contributed by atoms with Gasteiger partial charge in [-0.15, -0.1) is 5.10 Å². The predicted molar refractivity (Wildman–Crippen MR) is 205 cm³/mol. The Labute approximate surface area is 293 Å². The van der Waals surface area contributed by atoms with Crippen molar-refractivity contribution < 1.29 is 4.57 Å². The lowest BCUT2D eigenvalue weighted by molar-refractivity contribution is -0.659. The van der Waals surface area contributed by atoms with Crippen LogP contribution in [0.3, 0.4) is 0 Å². The third kappa shape index (κ3) is 6.45. The molecule has 1 aliphatic rings. The van der Waals surface area contributed by atoms with E-state index in [1.54, 1.807) is 0 Å². The fourth-order valence-electron chi connectivity index (χ4n) is 7.75. The number of benzene rings is 4. The van der Waals surface area contributed by atoms with Crippen molar-refractivity contribution in [2.75, 3.05) is 23.3 Å². The summed E-state index contributed by atoms with van der Waals surface area (Å²) in [5.41, 5.74) is 23.8. The van der Waals surface area contributed by atoms with Crippen LogP contribution in [-0.2, 0) is 32.4 Å². The number of rotatable bonds is 12. The number of nitrogen functional groups attached to an aromatic ring is 2. The van der Waals surface area contributed by atoms with Crippen LogP contribution in [0.15, 0.2) is 97.2 Å². The van der Waals surface area contributed by atoms with E-state index in [4.69, 9.17) is 16.5 Å². The highest BCUT2D eigenvalue weighted by atomic mass is 15.4. The Bertz CT molecular complexity index is 2290. The zero-order chi connectivity index (χ0) is 33.9. The minimum absolute atomic E-state index is 0.768. The van der Waals surface area contributed by atoms with E-state index < -0.39 is 0 Å². The van der Waals surface area contributed by atoms with Crippen LogP contribution in [0, 0.1) is 0 Å². The molecule has 0 unspecified atom stereocenters. The van der Waals surface area contributed by atoms with Gasteiger partial charge in [0.1, 0.15) is 6.54 Å². The molecule has 8 nitrogen and oxygen atoms in total. The summed E-state index contributed by atoms with van der Waals surface area (Å²) < 4.78 is 4.45. The van der Waals surface area contributed by atoms with E-state index in [-0.39, 0.29) is 0 Å². The van der Waals surface area contributed by atoms with Crippen molar-refractivity contribution in [3.63, 3.8) is 0 Å². The molecule has 0 bridgehead atoms. The average molecular weight is 662 g/mol. The number of aromatic nitrogens is 5. The molecule has 3 heterocycles. The molecule has 0 fully saturated rings. The first-order valence-electron chi connectivity index (χ1n) is 18.2. The highest BCUT2D eigenvalue weighted by molar-refractivity contribution is 6.10. The molecule has 8 heteroatoms. The van der Waals surface area contributed by atoms with E-state index in [9.17, 15) is 0 Å². The maximum absolute atomic E-state index is 6.35. The number of fused-ring (bicyclic) bond motifs is 5. The number of nitrogens with one attached hydrogen (secondary N) is 1. The first-order chi connectivity index (χ1) is 24.6. The van der Waals surface area contributed by atoms with Crippen LogP contribution in [-0.4, -0.2) is 26.5 Å². The molecule has 7 aromatic rings. The van der Waals surface area contributed by atoms with Crippen molar-refractivity contribution in [1.82, 2.24) is 20.0 Å². The number of nitrogens with two attached hydrogens (primary N) is 2.